The Morgan fingerprint density at radius 1 is 1.26 bits per heavy atom. The number of rotatable bonds is 3. The van der Waals surface area contributed by atoms with Crippen molar-refractivity contribution in [1.29, 1.82) is 5.26 Å². The highest BCUT2D eigenvalue weighted by molar-refractivity contribution is 5.74. The summed E-state index contributed by atoms with van der Waals surface area (Å²) in [7, 11) is 0. The third-order valence-corrected chi connectivity index (χ3v) is 4.05. The molecule has 0 heterocycles. The van der Waals surface area contributed by atoms with Gasteiger partial charge in [0.1, 0.15) is 6.61 Å². The van der Waals surface area contributed by atoms with Crippen LogP contribution in [-0.4, -0.2) is 5.97 Å². The summed E-state index contributed by atoms with van der Waals surface area (Å²) in [6, 6.07) is 9.20. The van der Waals surface area contributed by atoms with E-state index in [0.717, 1.165) is 18.4 Å². The normalized spacial score (nSPS) is 27.2. The van der Waals surface area contributed by atoms with E-state index in [0.29, 0.717) is 24.0 Å². The van der Waals surface area contributed by atoms with Crippen LogP contribution in [0, 0.1) is 29.1 Å². The van der Waals surface area contributed by atoms with Crippen molar-refractivity contribution in [2.45, 2.75) is 19.4 Å². The number of carbonyl (C=O) groups is 1. The predicted octanol–water partition coefficient (Wildman–Crippen LogP) is 2.81. The van der Waals surface area contributed by atoms with Gasteiger partial charge < -0.3 is 4.74 Å². The number of hydrogen-bond acceptors (Lipinski definition) is 3. The van der Waals surface area contributed by atoms with E-state index in [1.165, 1.54) is 0 Å². The summed E-state index contributed by atoms with van der Waals surface area (Å²) in [4.78, 5) is 12.0. The molecule has 0 amide bonds. The summed E-state index contributed by atoms with van der Waals surface area (Å²) in [5.41, 5.74) is 1.54. The Hall–Kier alpha value is -2.08. The lowest BCUT2D eigenvalue weighted by Gasteiger charge is -2.16. The SMILES string of the molecule is N#Cc1ccc(COC(=O)[C@H]2C[C@@H]3C=C[C@H]2C3)cc1. The van der Waals surface area contributed by atoms with Crippen molar-refractivity contribution in [3.8, 4) is 6.07 Å². The van der Waals surface area contributed by atoms with Crippen LogP contribution >= 0.6 is 0 Å². The summed E-state index contributed by atoms with van der Waals surface area (Å²) in [6.45, 7) is 0.294. The highest BCUT2D eigenvalue weighted by atomic mass is 16.5. The van der Waals surface area contributed by atoms with Gasteiger partial charge in [-0.15, -0.1) is 0 Å². The number of nitrogens with zero attached hydrogens (tertiary/aromatic N) is 1. The third-order valence-electron chi connectivity index (χ3n) is 4.05. The van der Waals surface area contributed by atoms with Gasteiger partial charge >= 0.3 is 5.97 Å². The van der Waals surface area contributed by atoms with Crippen molar-refractivity contribution in [2.24, 2.45) is 17.8 Å². The van der Waals surface area contributed by atoms with Gasteiger partial charge in [-0.05, 0) is 42.4 Å². The first kappa shape index (κ1) is 12.0. The Morgan fingerprint density at radius 3 is 2.63 bits per heavy atom. The number of esters is 1. The molecule has 0 radical (unpaired) electrons. The zero-order valence-corrected chi connectivity index (χ0v) is 10.6. The molecule has 2 bridgehead atoms. The van der Waals surface area contributed by atoms with Crippen LogP contribution in [0.15, 0.2) is 36.4 Å². The van der Waals surface area contributed by atoms with Crippen LogP contribution in [0.3, 0.4) is 0 Å². The lowest BCUT2D eigenvalue weighted by Crippen LogP contribution is -2.21. The highest BCUT2D eigenvalue weighted by Gasteiger charge is 2.40. The molecule has 0 N–H and O–H groups in total. The number of carbonyl (C=O) groups excluding carboxylic acids is 1. The van der Waals surface area contributed by atoms with Crippen molar-refractivity contribution in [2.75, 3.05) is 0 Å². The minimum Gasteiger partial charge on any atom is -0.461 e. The summed E-state index contributed by atoms with van der Waals surface area (Å²) >= 11 is 0. The molecular weight excluding hydrogens is 238 g/mol. The number of fused-ring (bicyclic) bond motifs is 2. The van der Waals surface area contributed by atoms with Crippen molar-refractivity contribution < 1.29 is 9.53 Å². The molecule has 1 saturated carbocycles. The molecule has 2 aliphatic carbocycles. The lowest BCUT2D eigenvalue weighted by molar-refractivity contribution is -0.150. The lowest BCUT2D eigenvalue weighted by atomic mass is 9.94. The zero-order valence-electron chi connectivity index (χ0n) is 10.6. The van der Waals surface area contributed by atoms with Gasteiger partial charge in [0.05, 0.1) is 17.6 Å². The van der Waals surface area contributed by atoms with E-state index in [1.54, 1.807) is 12.1 Å². The monoisotopic (exact) mass is 253 g/mol. The maximum atomic E-state index is 12.0. The topological polar surface area (TPSA) is 50.1 Å². The molecule has 1 aromatic carbocycles. The molecule has 1 aromatic rings. The molecule has 2 aliphatic rings. The second-order valence-corrected chi connectivity index (χ2v) is 5.30. The molecule has 1 fully saturated rings. The third kappa shape index (κ3) is 2.39. The fraction of sp³-hybridized carbons (Fsp3) is 0.375. The van der Waals surface area contributed by atoms with Gasteiger partial charge in [0.15, 0.2) is 0 Å². The molecule has 3 atom stereocenters. The largest absolute Gasteiger partial charge is 0.461 e. The van der Waals surface area contributed by atoms with Gasteiger partial charge in [-0.3, -0.25) is 4.79 Å². The van der Waals surface area contributed by atoms with Gasteiger partial charge in [0.25, 0.3) is 0 Å². The average molecular weight is 253 g/mol. The van der Waals surface area contributed by atoms with Gasteiger partial charge in [-0.2, -0.15) is 5.26 Å². The zero-order chi connectivity index (χ0) is 13.2. The number of allylic oxidation sites excluding steroid dienone is 2. The van der Waals surface area contributed by atoms with Crippen molar-refractivity contribution in [1.82, 2.24) is 0 Å². The van der Waals surface area contributed by atoms with Gasteiger partial charge in [0.2, 0.25) is 0 Å². The fourth-order valence-corrected chi connectivity index (χ4v) is 2.99. The number of ether oxygens (including phenoxy) is 1. The molecule has 19 heavy (non-hydrogen) atoms. The molecule has 0 unspecified atom stereocenters. The minimum absolute atomic E-state index is 0.0494. The second kappa shape index (κ2) is 4.89. The molecule has 0 spiro atoms. The molecule has 3 nitrogen and oxygen atoms in total. The summed E-state index contributed by atoms with van der Waals surface area (Å²) in [5.74, 6) is 0.936. The fourth-order valence-electron chi connectivity index (χ4n) is 2.99. The Morgan fingerprint density at radius 2 is 2.05 bits per heavy atom. The Labute approximate surface area is 112 Å². The van der Waals surface area contributed by atoms with Crippen LogP contribution in [0.1, 0.15) is 24.0 Å². The van der Waals surface area contributed by atoms with E-state index in [4.69, 9.17) is 10.00 Å². The minimum atomic E-state index is -0.0822. The standard InChI is InChI=1S/C16H15NO2/c17-9-11-1-3-12(4-2-11)10-19-16(18)15-8-13-5-6-14(15)7-13/h1-6,13-15H,7-8,10H2/t13-,14+,15+/m1/s1. The summed E-state index contributed by atoms with van der Waals surface area (Å²) in [6.07, 6.45) is 6.42. The van der Waals surface area contributed by atoms with E-state index >= 15 is 0 Å². The number of hydrogen-bond donors (Lipinski definition) is 0. The Kier molecular flexibility index (Phi) is 3.08. The number of benzene rings is 1. The van der Waals surface area contributed by atoms with Gasteiger partial charge in [-0.1, -0.05) is 24.3 Å². The molecule has 0 aliphatic heterocycles. The van der Waals surface area contributed by atoms with Crippen LogP contribution < -0.4 is 0 Å². The molecule has 0 saturated heterocycles. The quantitative estimate of drug-likeness (QED) is 0.614. The Bertz CT molecular complexity index is 553. The van der Waals surface area contributed by atoms with Gasteiger partial charge in [0, 0.05) is 0 Å². The predicted molar refractivity (Wildman–Crippen MR) is 69.8 cm³/mol. The first-order valence-corrected chi connectivity index (χ1v) is 6.60. The van der Waals surface area contributed by atoms with Crippen molar-refractivity contribution >= 4 is 5.97 Å². The molecule has 96 valence electrons. The molecule has 3 rings (SSSR count). The Balaban J connectivity index is 1.56. The maximum absolute atomic E-state index is 12.0. The molecule has 0 aromatic heterocycles. The summed E-state index contributed by atoms with van der Waals surface area (Å²) < 4.78 is 5.38. The second-order valence-electron chi connectivity index (χ2n) is 5.30. The van der Waals surface area contributed by atoms with Gasteiger partial charge in [-0.25, -0.2) is 0 Å². The first-order valence-electron chi connectivity index (χ1n) is 6.60. The van der Waals surface area contributed by atoms with E-state index in [2.05, 4.69) is 18.2 Å². The maximum Gasteiger partial charge on any atom is 0.309 e. The smallest absolute Gasteiger partial charge is 0.309 e. The molecular formula is C16H15NO2. The average Bonchev–Trinajstić information content (AvgIpc) is 3.08. The van der Waals surface area contributed by atoms with Crippen molar-refractivity contribution in [3.63, 3.8) is 0 Å². The summed E-state index contributed by atoms with van der Waals surface area (Å²) in [5, 5.41) is 8.71. The van der Waals surface area contributed by atoms with E-state index in [-0.39, 0.29) is 11.9 Å². The highest BCUT2D eigenvalue weighted by Crippen LogP contribution is 2.43. The van der Waals surface area contributed by atoms with E-state index in [1.807, 2.05) is 12.1 Å². The van der Waals surface area contributed by atoms with Crippen molar-refractivity contribution in [3.05, 3.63) is 47.5 Å². The van der Waals surface area contributed by atoms with Crippen LogP contribution in [-0.2, 0) is 16.1 Å². The van der Waals surface area contributed by atoms with Crippen LogP contribution in [0.25, 0.3) is 0 Å². The molecule has 3 heteroatoms. The van der Waals surface area contributed by atoms with E-state index in [9.17, 15) is 4.79 Å². The van der Waals surface area contributed by atoms with Crippen LogP contribution in [0.5, 0.6) is 0 Å². The van der Waals surface area contributed by atoms with Crippen LogP contribution in [0.4, 0.5) is 0 Å². The van der Waals surface area contributed by atoms with Crippen LogP contribution in [0.2, 0.25) is 0 Å². The van der Waals surface area contributed by atoms with E-state index < -0.39 is 0 Å². The first-order chi connectivity index (χ1) is 9.26. The number of nitriles is 1.